The maximum atomic E-state index is 12.8. The lowest BCUT2D eigenvalue weighted by Crippen LogP contribution is -2.22. The lowest BCUT2D eigenvalue weighted by atomic mass is 9.98. The van der Waals surface area contributed by atoms with Crippen molar-refractivity contribution in [2.24, 2.45) is 0 Å². The molecule has 0 spiro atoms. The Morgan fingerprint density at radius 2 is 1.24 bits per heavy atom. The monoisotopic (exact) mass is 451 g/mol. The number of hydrogen-bond donors (Lipinski definition) is 1. The number of ketones is 1. The van der Waals surface area contributed by atoms with Crippen LogP contribution < -0.4 is 10.1 Å². The quantitative estimate of drug-likeness (QED) is 0.282. The van der Waals surface area contributed by atoms with E-state index in [2.05, 4.69) is 5.32 Å². The Morgan fingerprint density at radius 1 is 0.647 bits per heavy atom. The molecule has 0 saturated heterocycles. The van der Waals surface area contributed by atoms with Crippen molar-refractivity contribution in [2.45, 2.75) is 0 Å². The molecule has 168 valence electrons. The number of benzene rings is 4. The van der Waals surface area contributed by atoms with Gasteiger partial charge in [-0.2, -0.15) is 0 Å². The zero-order chi connectivity index (χ0) is 23.8. The number of para-hydroxylation sites is 3. The fourth-order valence-electron chi connectivity index (χ4n) is 3.27. The first-order valence-corrected chi connectivity index (χ1v) is 10.6. The second kappa shape index (κ2) is 10.7. The summed E-state index contributed by atoms with van der Waals surface area (Å²) in [4.78, 5) is 38.0. The van der Waals surface area contributed by atoms with E-state index in [4.69, 9.17) is 9.47 Å². The summed E-state index contributed by atoms with van der Waals surface area (Å²) in [5.74, 6) is -0.528. The van der Waals surface area contributed by atoms with Gasteiger partial charge in [-0.05, 0) is 30.3 Å². The van der Waals surface area contributed by atoms with Crippen molar-refractivity contribution in [2.75, 3.05) is 11.9 Å². The second-order valence-electron chi connectivity index (χ2n) is 7.28. The molecule has 4 aromatic carbocycles. The average molecular weight is 451 g/mol. The Morgan fingerprint density at radius 3 is 1.97 bits per heavy atom. The zero-order valence-electron chi connectivity index (χ0n) is 18.1. The maximum absolute atomic E-state index is 12.8. The number of ether oxygens (including phenoxy) is 2. The first kappa shape index (κ1) is 22.5. The Labute approximate surface area is 196 Å². The molecule has 0 unspecified atom stereocenters. The largest absolute Gasteiger partial charge is 0.455 e. The molecule has 0 saturated carbocycles. The van der Waals surface area contributed by atoms with Crippen LogP contribution in [0, 0.1) is 0 Å². The number of esters is 1. The Hall–Kier alpha value is -4.71. The normalized spacial score (nSPS) is 10.2. The van der Waals surface area contributed by atoms with Crippen LogP contribution in [-0.2, 0) is 9.53 Å². The summed E-state index contributed by atoms with van der Waals surface area (Å²) in [6.45, 7) is -0.521. The van der Waals surface area contributed by atoms with E-state index in [1.807, 2.05) is 18.2 Å². The summed E-state index contributed by atoms with van der Waals surface area (Å²) in [6.07, 6.45) is 0. The number of anilines is 1. The molecular weight excluding hydrogens is 430 g/mol. The van der Waals surface area contributed by atoms with Gasteiger partial charge in [0.05, 0.1) is 11.3 Å². The van der Waals surface area contributed by atoms with Crippen LogP contribution in [0.3, 0.4) is 0 Å². The van der Waals surface area contributed by atoms with E-state index in [0.29, 0.717) is 22.7 Å². The van der Waals surface area contributed by atoms with Gasteiger partial charge in [0.2, 0.25) is 0 Å². The average Bonchev–Trinajstić information content (AvgIpc) is 2.89. The van der Waals surface area contributed by atoms with E-state index in [9.17, 15) is 14.4 Å². The first-order valence-electron chi connectivity index (χ1n) is 10.6. The fourth-order valence-corrected chi connectivity index (χ4v) is 3.27. The minimum atomic E-state index is -0.760. The molecule has 1 N–H and O–H groups in total. The van der Waals surface area contributed by atoms with Crippen LogP contribution in [0.15, 0.2) is 109 Å². The van der Waals surface area contributed by atoms with E-state index in [-0.39, 0.29) is 16.9 Å². The molecule has 0 atom stereocenters. The van der Waals surface area contributed by atoms with Gasteiger partial charge in [0, 0.05) is 11.1 Å². The Kier molecular flexibility index (Phi) is 7.10. The van der Waals surface area contributed by atoms with E-state index < -0.39 is 18.5 Å². The summed E-state index contributed by atoms with van der Waals surface area (Å²) < 4.78 is 11.0. The highest BCUT2D eigenvalue weighted by molar-refractivity contribution is 6.14. The predicted molar refractivity (Wildman–Crippen MR) is 128 cm³/mol. The number of carbonyl (C=O) groups is 3. The predicted octanol–water partition coefficient (Wildman–Crippen LogP) is 5.51. The van der Waals surface area contributed by atoms with Crippen LogP contribution in [-0.4, -0.2) is 24.3 Å². The summed E-state index contributed by atoms with van der Waals surface area (Å²) in [5.41, 5.74) is 1.19. The van der Waals surface area contributed by atoms with Crippen molar-refractivity contribution >= 4 is 23.3 Å². The van der Waals surface area contributed by atoms with Gasteiger partial charge >= 0.3 is 5.97 Å². The van der Waals surface area contributed by atoms with E-state index >= 15 is 0 Å². The molecule has 4 aromatic rings. The highest BCUT2D eigenvalue weighted by Crippen LogP contribution is 2.29. The number of amides is 1. The van der Waals surface area contributed by atoms with Gasteiger partial charge in [-0.15, -0.1) is 0 Å². The van der Waals surface area contributed by atoms with Crippen LogP contribution in [0.2, 0.25) is 0 Å². The molecule has 0 bridgehead atoms. The van der Waals surface area contributed by atoms with Crippen molar-refractivity contribution in [3.05, 3.63) is 126 Å². The van der Waals surface area contributed by atoms with Gasteiger partial charge in [-0.25, -0.2) is 4.79 Å². The lowest BCUT2D eigenvalue weighted by Gasteiger charge is -2.13. The highest BCUT2D eigenvalue weighted by Gasteiger charge is 2.20. The third-order valence-electron chi connectivity index (χ3n) is 4.89. The molecule has 6 heteroatoms. The van der Waals surface area contributed by atoms with Crippen molar-refractivity contribution in [3.8, 4) is 11.5 Å². The van der Waals surface area contributed by atoms with Crippen LogP contribution in [0.25, 0.3) is 0 Å². The topological polar surface area (TPSA) is 81.7 Å². The molecular formula is C28H21NO5. The Bertz CT molecular complexity index is 1300. The van der Waals surface area contributed by atoms with Gasteiger partial charge in [0.1, 0.15) is 5.75 Å². The molecule has 0 fully saturated rings. The van der Waals surface area contributed by atoms with Gasteiger partial charge < -0.3 is 14.8 Å². The molecule has 0 radical (unpaired) electrons. The van der Waals surface area contributed by atoms with Gasteiger partial charge in [-0.3, -0.25) is 9.59 Å². The highest BCUT2D eigenvalue weighted by atomic mass is 16.5. The van der Waals surface area contributed by atoms with E-state index in [1.54, 1.807) is 84.9 Å². The fraction of sp³-hybridized carbons (Fsp3) is 0.0357. The second-order valence-corrected chi connectivity index (χ2v) is 7.28. The molecule has 0 heterocycles. The van der Waals surface area contributed by atoms with Gasteiger partial charge in [0.15, 0.2) is 18.1 Å². The van der Waals surface area contributed by atoms with Crippen molar-refractivity contribution < 1.29 is 23.9 Å². The van der Waals surface area contributed by atoms with Crippen molar-refractivity contribution in [1.29, 1.82) is 0 Å². The van der Waals surface area contributed by atoms with Crippen LogP contribution >= 0.6 is 0 Å². The first-order chi connectivity index (χ1) is 16.6. The molecule has 0 aliphatic carbocycles. The summed E-state index contributed by atoms with van der Waals surface area (Å²) in [7, 11) is 0. The molecule has 6 nitrogen and oxygen atoms in total. The molecule has 4 rings (SSSR count). The summed E-state index contributed by atoms with van der Waals surface area (Å²) >= 11 is 0. The molecule has 0 aromatic heterocycles. The number of carbonyl (C=O) groups excluding carboxylic acids is 3. The van der Waals surface area contributed by atoms with Gasteiger partial charge in [-0.1, -0.05) is 78.9 Å². The maximum Gasteiger partial charge on any atom is 0.339 e. The summed E-state index contributed by atoms with van der Waals surface area (Å²) in [6, 6.07) is 31.1. The SMILES string of the molecule is O=C(COC(=O)c1ccccc1C(=O)c1ccccc1)Nc1ccccc1Oc1ccccc1. The van der Waals surface area contributed by atoms with E-state index in [1.165, 1.54) is 6.07 Å². The third kappa shape index (κ3) is 5.55. The molecule has 1 amide bonds. The zero-order valence-corrected chi connectivity index (χ0v) is 18.1. The Balaban J connectivity index is 1.41. The van der Waals surface area contributed by atoms with Crippen LogP contribution in [0.5, 0.6) is 11.5 Å². The lowest BCUT2D eigenvalue weighted by molar-refractivity contribution is -0.119. The van der Waals surface area contributed by atoms with Crippen LogP contribution in [0.1, 0.15) is 26.3 Å². The number of hydrogen-bond acceptors (Lipinski definition) is 5. The molecule has 34 heavy (non-hydrogen) atoms. The summed E-state index contributed by atoms with van der Waals surface area (Å²) in [5, 5.41) is 2.69. The van der Waals surface area contributed by atoms with Crippen molar-refractivity contribution in [3.63, 3.8) is 0 Å². The smallest absolute Gasteiger partial charge is 0.339 e. The minimum Gasteiger partial charge on any atom is -0.455 e. The van der Waals surface area contributed by atoms with E-state index in [0.717, 1.165) is 0 Å². The van der Waals surface area contributed by atoms with Crippen LogP contribution in [0.4, 0.5) is 5.69 Å². The third-order valence-corrected chi connectivity index (χ3v) is 4.89. The van der Waals surface area contributed by atoms with Crippen molar-refractivity contribution in [1.82, 2.24) is 0 Å². The number of nitrogens with one attached hydrogen (secondary N) is 1. The standard InChI is InChI=1S/C28H21NO5/c30-26(29-24-17-9-10-18-25(24)34-21-13-5-2-6-14-21)19-33-28(32)23-16-8-7-15-22(23)27(31)20-11-3-1-4-12-20/h1-18H,19H2,(H,29,30). The molecule has 0 aliphatic rings. The minimum absolute atomic E-state index is 0.0944. The number of rotatable bonds is 8. The molecule has 0 aliphatic heterocycles. The van der Waals surface area contributed by atoms with Gasteiger partial charge in [0.25, 0.3) is 5.91 Å².